The summed E-state index contributed by atoms with van der Waals surface area (Å²) < 4.78 is 0. The molecule has 0 saturated carbocycles. The predicted molar refractivity (Wildman–Crippen MR) is 101 cm³/mol. The summed E-state index contributed by atoms with van der Waals surface area (Å²) in [4.78, 5) is 16.1. The minimum atomic E-state index is 0.902. The summed E-state index contributed by atoms with van der Waals surface area (Å²) in [5.74, 6) is 3.90. The van der Waals surface area contributed by atoms with Gasteiger partial charge in [0.25, 0.3) is 0 Å². The van der Waals surface area contributed by atoms with Crippen molar-refractivity contribution in [2.45, 2.75) is 9.79 Å². The van der Waals surface area contributed by atoms with Gasteiger partial charge in [0.15, 0.2) is 0 Å². The van der Waals surface area contributed by atoms with Crippen LogP contribution in [0.2, 0.25) is 0 Å². The number of anilines is 4. The quantitative estimate of drug-likeness (QED) is 0.655. The van der Waals surface area contributed by atoms with Crippen LogP contribution in [0.4, 0.5) is 23.0 Å². The number of thioether (sulfide) groups is 2. The third kappa shape index (κ3) is 2.25. The van der Waals surface area contributed by atoms with Crippen LogP contribution in [0.25, 0.3) is 0 Å². The van der Waals surface area contributed by atoms with Gasteiger partial charge in [0, 0.05) is 23.8 Å². The van der Waals surface area contributed by atoms with E-state index in [-0.39, 0.29) is 0 Å². The van der Waals surface area contributed by atoms with Gasteiger partial charge in [-0.15, -0.1) is 23.5 Å². The zero-order chi connectivity index (χ0) is 15.9. The third-order valence-electron chi connectivity index (χ3n) is 4.16. The number of hydrogen-bond acceptors (Lipinski definition) is 6. The lowest BCUT2D eigenvalue weighted by molar-refractivity contribution is 1.07. The Balaban J connectivity index is 1.52. The molecule has 0 aliphatic carbocycles. The molecule has 24 heavy (non-hydrogen) atoms. The van der Waals surface area contributed by atoms with E-state index in [1.54, 1.807) is 0 Å². The van der Waals surface area contributed by atoms with E-state index in [9.17, 15) is 0 Å². The third-order valence-corrected chi connectivity index (χ3v) is 6.20. The summed E-state index contributed by atoms with van der Waals surface area (Å²) in [6, 6.07) is 16.9. The maximum atomic E-state index is 4.56. The first kappa shape index (κ1) is 14.2. The first-order chi connectivity index (χ1) is 11.9. The number of aromatic nitrogens is 2. The van der Waals surface area contributed by atoms with Crippen molar-refractivity contribution >= 4 is 46.5 Å². The van der Waals surface area contributed by atoms with E-state index in [0.29, 0.717) is 0 Å². The molecule has 0 saturated heterocycles. The van der Waals surface area contributed by atoms with Crippen molar-refractivity contribution in [3.8, 4) is 0 Å². The van der Waals surface area contributed by atoms with Crippen molar-refractivity contribution in [3.05, 3.63) is 60.9 Å². The molecular weight excluding hydrogens is 336 g/mol. The van der Waals surface area contributed by atoms with Crippen LogP contribution in [0, 0.1) is 0 Å². The fraction of sp³-hybridized carbons (Fsp3) is 0.111. The van der Waals surface area contributed by atoms with Crippen LogP contribution in [0.3, 0.4) is 0 Å². The molecule has 2 aliphatic rings. The lowest BCUT2D eigenvalue weighted by Crippen LogP contribution is -2.16. The van der Waals surface area contributed by atoms with Gasteiger partial charge in [0.2, 0.25) is 0 Å². The Bertz CT molecular complexity index is 844. The van der Waals surface area contributed by atoms with Crippen LogP contribution in [0.5, 0.6) is 0 Å². The second kappa shape index (κ2) is 5.72. The normalized spacial score (nSPS) is 15.5. The highest BCUT2D eigenvalue weighted by molar-refractivity contribution is 8.00. The highest BCUT2D eigenvalue weighted by Gasteiger charge is 2.25. The molecule has 4 nitrogen and oxygen atoms in total. The van der Waals surface area contributed by atoms with Gasteiger partial charge in [-0.25, -0.2) is 9.97 Å². The molecule has 0 bridgehead atoms. The molecule has 0 fully saturated rings. The molecule has 118 valence electrons. The molecule has 6 heteroatoms. The van der Waals surface area contributed by atoms with Crippen molar-refractivity contribution in [3.63, 3.8) is 0 Å². The van der Waals surface area contributed by atoms with Crippen LogP contribution in [0.1, 0.15) is 0 Å². The molecule has 0 amide bonds. The smallest absolute Gasteiger partial charge is 0.147 e. The van der Waals surface area contributed by atoms with Crippen LogP contribution < -0.4 is 9.80 Å². The van der Waals surface area contributed by atoms with Crippen LogP contribution in [0.15, 0.2) is 70.7 Å². The van der Waals surface area contributed by atoms with Gasteiger partial charge in [-0.05, 0) is 42.5 Å². The highest BCUT2D eigenvalue weighted by Crippen LogP contribution is 2.44. The van der Waals surface area contributed by atoms with E-state index in [1.165, 1.54) is 21.2 Å². The van der Waals surface area contributed by atoms with E-state index in [0.717, 1.165) is 23.4 Å². The van der Waals surface area contributed by atoms with Gasteiger partial charge in [-0.1, -0.05) is 6.07 Å². The first-order valence-corrected chi connectivity index (χ1v) is 9.68. The largest absolute Gasteiger partial charge is 0.315 e. The molecule has 5 rings (SSSR count). The van der Waals surface area contributed by atoms with E-state index in [4.69, 9.17) is 0 Å². The summed E-state index contributed by atoms with van der Waals surface area (Å²) >= 11 is 3.66. The van der Waals surface area contributed by atoms with Crippen molar-refractivity contribution in [2.24, 2.45) is 0 Å². The summed E-state index contributed by atoms with van der Waals surface area (Å²) in [5.41, 5.74) is 2.35. The Morgan fingerprint density at radius 1 is 0.708 bits per heavy atom. The molecule has 1 aromatic carbocycles. The number of pyridine rings is 2. The minimum Gasteiger partial charge on any atom is -0.315 e. The average Bonchev–Trinajstić information content (AvgIpc) is 3.26. The van der Waals surface area contributed by atoms with E-state index in [1.807, 2.05) is 48.1 Å². The standard InChI is InChI=1S/C18H14N4S2/c1-4-13(21-11-23-15-6-2-8-19-17(15)21)10-14(5-1)22-12-24-16-7-3-9-20-18(16)22/h1-10H,11-12H2. The fourth-order valence-electron chi connectivity index (χ4n) is 3.01. The summed E-state index contributed by atoms with van der Waals surface area (Å²) in [7, 11) is 0. The molecule has 0 unspecified atom stereocenters. The van der Waals surface area contributed by atoms with E-state index in [2.05, 4.69) is 56.2 Å². The Morgan fingerprint density at radius 3 is 1.79 bits per heavy atom. The molecule has 2 aliphatic heterocycles. The second-order valence-corrected chi connectivity index (χ2v) is 7.55. The number of rotatable bonds is 2. The molecule has 3 aromatic rings. The zero-order valence-electron chi connectivity index (χ0n) is 12.8. The van der Waals surface area contributed by atoms with Gasteiger partial charge in [-0.3, -0.25) is 0 Å². The predicted octanol–water partition coefficient (Wildman–Crippen LogP) is 4.88. The summed E-state index contributed by atoms with van der Waals surface area (Å²) in [5, 5.41) is 0. The Morgan fingerprint density at radius 2 is 1.25 bits per heavy atom. The van der Waals surface area contributed by atoms with E-state index >= 15 is 0 Å². The zero-order valence-corrected chi connectivity index (χ0v) is 14.4. The van der Waals surface area contributed by atoms with Gasteiger partial charge in [0.1, 0.15) is 11.6 Å². The second-order valence-electron chi connectivity index (χ2n) is 5.57. The van der Waals surface area contributed by atoms with Gasteiger partial charge < -0.3 is 9.80 Å². The van der Waals surface area contributed by atoms with Crippen LogP contribution >= 0.6 is 23.5 Å². The topological polar surface area (TPSA) is 32.3 Å². The maximum Gasteiger partial charge on any atom is 0.147 e. The number of benzene rings is 1. The van der Waals surface area contributed by atoms with Crippen molar-refractivity contribution in [1.82, 2.24) is 9.97 Å². The fourth-order valence-corrected chi connectivity index (χ4v) is 5.02. The summed E-state index contributed by atoms with van der Waals surface area (Å²) in [6.07, 6.45) is 3.72. The lowest BCUT2D eigenvalue weighted by atomic mass is 10.2. The molecule has 0 radical (unpaired) electrons. The SMILES string of the molecule is c1cc(N2CSc3cccnc32)cc(N2CSc3cccnc32)c1. The van der Waals surface area contributed by atoms with Crippen molar-refractivity contribution in [1.29, 1.82) is 0 Å². The Hall–Kier alpha value is -2.18. The number of nitrogens with zero attached hydrogens (tertiary/aromatic N) is 4. The Labute approximate surface area is 148 Å². The molecular formula is C18H14N4S2. The van der Waals surface area contributed by atoms with Crippen molar-refractivity contribution in [2.75, 3.05) is 21.6 Å². The highest BCUT2D eigenvalue weighted by atomic mass is 32.2. The molecule has 2 aromatic heterocycles. The van der Waals surface area contributed by atoms with Crippen molar-refractivity contribution < 1.29 is 0 Å². The first-order valence-electron chi connectivity index (χ1n) is 7.71. The van der Waals surface area contributed by atoms with Gasteiger partial charge in [0.05, 0.1) is 21.5 Å². The average molecular weight is 350 g/mol. The van der Waals surface area contributed by atoms with Gasteiger partial charge in [-0.2, -0.15) is 0 Å². The molecule has 0 spiro atoms. The van der Waals surface area contributed by atoms with Crippen LogP contribution in [-0.2, 0) is 0 Å². The molecule has 0 atom stereocenters. The van der Waals surface area contributed by atoms with Crippen LogP contribution in [-0.4, -0.2) is 21.7 Å². The summed E-state index contributed by atoms with van der Waals surface area (Å²) in [6.45, 7) is 0. The number of hydrogen-bond donors (Lipinski definition) is 0. The monoisotopic (exact) mass is 350 g/mol. The molecule has 0 N–H and O–H groups in total. The number of fused-ring (bicyclic) bond motifs is 2. The minimum absolute atomic E-state index is 0.902. The maximum absolute atomic E-state index is 4.56. The molecule has 4 heterocycles. The lowest BCUT2D eigenvalue weighted by Gasteiger charge is -2.22. The van der Waals surface area contributed by atoms with E-state index < -0.39 is 0 Å². The Kier molecular flexibility index (Phi) is 3.38. The van der Waals surface area contributed by atoms with Gasteiger partial charge >= 0.3 is 0 Å².